The third-order valence-corrected chi connectivity index (χ3v) is 3.26. The van der Waals surface area contributed by atoms with Gasteiger partial charge in [0.05, 0.1) is 0 Å². The molecule has 0 aliphatic carbocycles. The monoisotopic (exact) mass is 292 g/mol. The lowest BCUT2D eigenvalue weighted by Crippen LogP contribution is -2.12. The van der Waals surface area contributed by atoms with Crippen LogP contribution in [0.5, 0.6) is 5.75 Å². The minimum atomic E-state index is 0.0708. The maximum absolute atomic E-state index is 11.9. The molecular weight excluding hydrogens is 264 g/mol. The molecule has 0 saturated carbocycles. The Bertz CT molecular complexity index is 408. The Balaban J connectivity index is 2.24. The first-order chi connectivity index (χ1) is 10.3. The molecular formula is C17H28N2O2. The van der Waals surface area contributed by atoms with Gasteiger partial charge in [0.2, 0.25) is 5.91 Å². The second-order valence-electron chi connectivity index (χ2n) is 5.23. The molecule has 0 aliphatic rings. The zero-order valence-electron chi connectivity index (χ0n) is 13.1. The molecule has 118 valence electrons. The molecule has 0 atom stereocenters. The summed E-state index contributed by atoms with van der Waals surface area (Å²) in [5.41, 5.74) is 6.18. The SMILES string of the molecule is CCCCCCCCC(=O)Nc1cccc(OCCN)c1. The van der Waals surface area contributed by atoms with Crippen LogP contribution in [0.1, 0.15) is 51.9 Å². The van der Waals surface area contributed by atoms with E-state index in [-0.39, 0.29) is 5.91 Å². The molecule has 1 aromatic carbocycles. The van der Waals surface area contributed by atoms with Crippen LogP contribution in [0.2, 0.25) is 0 Å². The predicted molar refractivity (Wildman–Crippen MR) is 87.6 cm³/mol. The molecule has 4 heteroatoms. The molecule has 0 aromatic heterocycles. The summed E-state index contributed by atoms with van der Waals surface area (Å²) in [4.78, 5) is 11.9. The fourth-order valence-corrected chi connectivity index (χ4v) is 2.13. The van der Waals surface area contributed by atoms with Crippen molar-refractivity contribution in [2.24, 2.45) is 5.73 Å². The lowest BCUT2D eigenvalue weighted by atomic mass is 10.1. The molecule has 0 heterocycles. The van der Waals surface area contributed by atoms with Gasteiger partial charge in [0, 0.05) is 24.7 Å². The van der Waals surface area contributed by atoms with Crippen molar-refractivity contribution in [3.05, 3.63) is 24.3 Å². The summed E-state index contributed by atoms with van der Waals surface area (Å²) >= 11 is 0. The maximum Gasteiger partial charge on any atom is 0.224 e. The highest BCUT2D eigenvalue weighted by Gasteiger charge is 2.03. The van der Waals surface area contributed by atoms with E-state index in [2.05, 4.69) is 12.2 Å². The zero-order chi connectivity index (χ0) is 15.3. The third-order valence-electron chi connectivity index (χ3n) is 3.26. The highest BCUT2D eigenvalue weighted by atomic mass is 16.5. The van der Waals surface area contributed by atoms with Crippen LogP contribution in [-0.2, 0) is 4.79 Å². The van der Waals surface area contributed by atoms with Crippen LogP contribution >= 0.6 is 0 Å². The molecule has 3 N–H and O–H groups in total. The van der Waals surface area contributed by atoms with Crippen molar-refractivity contribution >= 4 is 11.6 Å². The molecule has 0 aliphatic heterocycles. The molecule has 0 unspecified atom stereocenters. The van der Waals surface area contributed by atoms with Gasteiger partial charge < -0.3 is 15.8 Å². The van der Waals surface area contributed by atoms with E-state index in [1.165, 1.54) is 25.7 Å². The number of carbonyl (C=O) groups excluding carboxylic acids is 1. The highest BCUT2D eigenvalue weighted by molar-refractivity contribution is 5.90. The second-order valence-corrected chi connectivity index (χ2v) is 5.23. The van der Waals surface area contributed by atoms with Crippen LogP contribution in [0.15, 0.2) is 24.3 Å². The van der Waals surface area contributed by atoms with Gasteiger partial charge in [-0.05, 0) is 18.6 Å². The summed E-state index contributed by atoms with van der Waals surface area (Å²) in [5.74, 6) is 0.805. The molecule has 21 heavy (non-hydrogen) atoms. The molecule has 1 rings (SSSR count). The summed E-state index contributed by atoms with van der Waals surface area (Å²) in [5, 5.41) is 2.91. The van der Waals surface area contributed by atoms with Crippen molar-refractivity contribution < 1.29 is 9.53 Å². The van der Waals surface area contributed by atoms with Crippen molar-refractivity contribution in [1.82, 2.24) is 0 Å². The van der Waals surface area contributed by atoms with Crippen LogP contribution in [-0.4, -0.2) is 19.1 Å². The van der Waals surface area contributed by atoms with Crippen molar-refractivity contribution in [1.29, 1.82) is 0 Å². The number of unbranched alkanes of at least 4 members (excludes halogenated alkanes) is 5. The summed E-state index contributed by atoms with van der Waals surface area (Å²) < 4.78 is 5.44. The largest absolute Gasteiger partial charge is 0.492 e. The average molecular weight is 292 g/mol. The lowest BCUT2D eigenvalue weighted by molar-refractivity contribution is -0.116. The van der Waals surface area contributed by atoms with E-state index in [0.717, 1.165) is 24.3 Å². The van der Waals surface area contributed by atoms with Gasteiger partial charge in [-0.3, -0.25) is 4.79 Å². The van der Waals surface area contributed by atoms with E-state index >= 15 is 0 Å². The van der Waals surface area contributed by atoms with Crippen LogP contribution in [0.25, 0.3) is 0 Å². The normalized spacial score (nSPS) is 10.4. The fraction of sp³-hybridized carbons (Fsp3) is 0.588. The molecule has 0 fully saturated rings. The van der Waals surface area contributed by atoms with Crippen LogP contribution in [0.3, 0.4) is 0 Å². The zero-order valence-corrected chi connectivity index (χ0v) is 13.1. The number of amides is 1. The van der Waals surface area contributed by atoms with Gasteiger partial charge in [0.1, 0.15) is 12.4 Å². The third kappa shape index (κ3) is 8.35. The number of carbonyl (C=O) groups is 1. The van der Waals surface area contributed by atoms with Gasteiger partial charge in [-0.1, -0.05) is 45.1 Å². The van der Waals surface area contributed by atoms with E-state index in [1.807, 2.05) is 24.3 Å². The number of anilines is 1. The van der Waals surface area contributed by atoms with Gasteiger partial charge in [0.15, 0.2) is 0 Å². The number of ether oxygens (including phenoxy) is 1. The van der Waals surface area contributed by atoms with Crippen LogP contribution in [0.4, 0.5) is 5.69 Å². The number of hydrogen-bond acceptors (Lipinski definition) is 3. The first-order valence-electron chi connectivity index (χ1n) is 7.99. The Hall–Kier alpha value is -1.55. The van der Waals surface area contributed by atoms with Gasteiger partial charge >= 0.3 is 0 Å². The van der Waals surface area contributed by atoms with Crippen LogP contribution < -0.4 is 15.8 Å². The topological polar surface area (TPSA) is 64.3 Å². The number of nitrogens with one attached hydrogen (secondary N) is 1. The lowest BCUT2D eigenvalue weighted by Gasteiger charge is -2.08. The number of nitrogens with two attached hydrogens (primary N) is 1. The summed E-state index contributed by atoms with van der Waals surface area (Å²) in [6, 6.07) is 7.43. The number of benzene rings is 1. The maximum atomic E-state index is 11.9. The summed E-state index contributed by atoms with van der Waals surface area (Å²) in [6.45, 7) is 3.17. The minimum absolute atomic E-state index is 0.0708. The molecule has 0 radical (unpaired) electrons. The van der Waals surface area contributed by atoms with E-state index in [1.54, 1.807) is 0 Å². The van der Waals surface area contributed by atoms with Gasteiger partial charge in [0.25, 0.3) is 0 Å². The van der Waals surface area contributed by atoms with Crippen molar-refractivity contribution in [2.45, 2.75) is 51.9 Å². The highest BCUT2D eigenvalue weighted by Crippen LogP contribution is 2.17. The number of rotatable bonds is 11. The van der Waals surface area contributed by atoms with E-state index in [9.17, 15) is 4.79 Å². The Morgan fingerprint density at radius 2 is 1.95 bits per heavy atom. The summed E-state index contributed by atoms with van der Waals surface area (Å²) in [7, 11) is 0. The van der Waals surface area contributed by atoms with Crippen molar-refractivity contribution in [3.63, 3.8) is 0 Å². The molecule has 0 bridgehead atoms. The van der Waals surface area contributed by atoms with Crippen molar-refractivity contribution in [2.75, 3.05) is 18.5 Å². The van der Waals surface area contributed by atoms with Gasteiger partial charge in [-0.15, -0.1) is 0 Å². The Morgan fingerprint density at radius 1 is 1.19 bits per heavy atom. The molecule has 1 aromatic rings. The van der Waals surface area contributed by atoms with Crippen molar-refractivity contribution in [3.8, 4) is 5.75 Å². The Labute approximate surface area is 128 Å². The minimum Gasteiger partial charge on any atom is -0.492 e. The van der Waals surface area contributed by atoms with Gasteiger partial charge in [-0.2, -0.15) is 0 Å². The quantitative estimate of drug-likeness (QED) is 0.611. The Kier molecular flexibility index (Phi) is 9.29. The van der Waals surface area contributed by atoms with E-state index in [0.29, 0.717) is 19.6 Å². The first kappa shape index (κ1) is 17.5. The average Bonchev–Trinajstić information content (AvgIpc) is 2.49. The van der Waals surface area contributed by atoms with Gasteiger partial charge in [-0.25, -0.2) is 0 Å². The standard InChI is InChI=1S/C17H28N2O2/c1-2-3-4-5-6-7-11-17(20)19-15-9-8-10-16(14-15)21-13-12-18/h8-10,14H,2-7,11-13,18H2,1H3,(H,19,20). The smallest absolute Gasteiger partial charge is 0.224 e. The van der Waals surface area contributed by atoms with E-state index < -0.39 is 0 Å². The molecule has 0 saturated heterocycles. The van der Waals surface area contributed by atoms with E-state index in [4.69, 9.17) is 10.5 Å². The predicted octanol–water partition coefficient (Wildman–Crippen LogP) is 3.71. The molecule has 4 nitrogen and oxygen atoms in total. The Morgan fingerprint density at radius 3 is 2.71 bits per heavy atom. The second kappa shape index (κ2) is 11.1. The first-order valence-corrected chi connectivity index (χ1v) is 7.99. The number of hydrogen-bond donors (Lipinski definition) is 2. The molecule has 0 spiro atoms. The van der Waals surface area contributed by atoms with Crippen LogP contribution in [0, 0.1) is 0 Å². The molecule has 1 amide bonds. The summed E-state index contributed by atoms with van der Waals surface area (Å²) in [6.07, 6.45) is 7.72. The fourth-order valence-electron chi connectivity index (χ4n) is 2.13.